The van der Waals surface area contributed by atoms with Crippen molar-refractivity contribution in [1.82, 2.24) is 0 Å². The van der Waals surface area contributed by atoms with Crippen molar-refractivity contribution in [3.8, 4) is 0 Å². The summed E-state index contributed by atoms with van der Waals surface area (Å²) in [6.45, 7) is 2.47. The van der Waals surface area contributed by atoms with E-state index in [0.29, 0.717) is 0 Å². The molecule has 0 atom stereocenters. The van der Waals surface area contributed by atoms with Gasteiger partial charge in [-0.2, -0.15) is 0 Å². The quantitative estimate of drug-likeness (QED) is 0.405. The number of rotatable bonds is 0. The van der Waals surface area contributed by atoms with Crippen molar-refractivity contribution < 1.29 is 4.37 Å². The van der Waals surface area contributed by atoms with Gasteiger partial charge in [-0.1, -0.05) is 0 Å². The van der Waals surface area contributed by atoms with Crippen molar-refractivity contribution >= 4 is 0 Å². The molecule has 0 aromatic carbocycles. The van der Waals surface area contributed by atoms with Gasteiger partial charge in [0.15, 0.2) is 0 Å². The lowest BCUT2D eigenvalue weighted by Gasteiger charge is -2.17. The molecule has 0 amide bonds. The van der Waals surface area contributed by atoms with Gasteiger partial charge in [-0.15, -0.1) is 0 Å². The molecule has 0 N–H and O–H groups in total. The zero-order valence-corrected chi connectivity index (χ0v) is 4.94. The molecule has 1 fully saturated rings. The molecule has 0 aromatic heterocycles. The standard InChI is InChI=1S/C6H13O/c1-7-5-3-2-4-6-7/h2-6H2,1H3/q+1. The van der Waals surface area contributed by atoms with Gasteiger partial charge >= 0.3 is 0 Å². The molecule has 0 aliphatic carbocycles. The van der Waals surface area contributed by atoms with Crippen LogP contribution < -0.4 is 0 Å². The molecule has 1 aliphatic rings. The minimum Gasteiger partial charge on any atom is -0.424 e. The van der Waals surface area contributed by atoms with E-state index in [2.05, 4.69) is 11.5 Å². The van der Waals surface area contributed by atoms with Gasteiger partial charge in [0.2, 0.25) is 0 Å². The summed E-state index contributed by atoms with van der Waals surface area (Å²) in [6, 6.07) is 0. The molecule has 0 bridgehead atoms. The Morgan fingerprint density at radius 2 is 1.57 bits per heavy atom. The lowest BCUT2D eigenvalue weighted by atomic mass is 10.2. The van der Waals surface area contributed by atoms with E-state index in [1.54, 1.807) is 0 Å². The topological polar surface area (TPSA) is 2.70 Å². The largest absolute Gasteiger partial charge is 0.424 e. The molecule has 0 spiro atoms. The Hall–Kier alpha value is -0.0400. The summed E-state index contributed by atoms with van der Waals surface area (Å²) in [4.78, 5) is 0. The molecule has 0 radical (unpaired) electrons. The number of hydrogen-bond acceptors (Lipinski definition) is 0. The summed E-state index contributed by atoms with van der Waals surface area (Å²) in [6.07, 6.45) is 4.18. The van der Waals surface area contributed by atoms with Crippen LogP contribution in [0.5, 0.6) is 0 Å². The summed E-state index contributed by atoms with van der Waals surface area (Å²) >= 11 is 0. The van der Waals surface area contributed by atoms with Gasteiger partial charge in [-0.3, -0.25) is 0 Å². The highest BCUT2D eigenvalue weighted by Gasteiger charge is 2.07. The van der Waals surface area contributed by atoms with Crippen molar-refractivity contribution in [3.05, 3.63) is 0 Å². The van der Waals surface area contributed by atoms with Gasteiger partial charge in [-0.05, 0) is 6.42 Å². The van der Waals surface area contributed by atoms with Crippen LogP contribution in [0.3, 0.4) is 0 Å². The first-order valence-electron chi connectivity index (χ1n) is 2.99. The van der Waals surface area contributed by atoms with E-state index in [0.717, 1.165) is 0 Å². The molecule has 1 heteroatoms. The molecule has 1 saturated heterocycles. The second-order valence-electron chi connectivity index (χ2n) is 2.25. The highest BCUT2D eigenvalue weighted by molar-refractivity contribution is 4.49. The first kappa shape index (κ1) is 5.10. The van der Waals surface area contributed by atoms with Crippen molar-refractivity contribution in [2.45, 2.75) is 19.3 Å². The summed E-state index contributed by atoms with van der Waals surface area (Å²) in [5.41, 5.74) is 0. The van der Waals surface area contributed by atoms with Gasteiger partial charge in [-0.25, -0.2) is 0 Å². The molecular weight excluding hydrogens is 88.1 g/mol. The van der Waals surface area contributed by atoms with E-state index in [1.807, 2.05) is 0 Å². The molecule has 1 nitrogen and oxygen atoms in total. The Balaban J connectivity index is 2.12. The van der Waals surface area contributed by atoms with Crippen molar-refractivity contribution in [3.63, 3.8) is 0 Å². The van der Waals surface area contributed by atoms with Crippen LogP contribution in [0.15, 0.2) is 0 Å². The highest BCUT2D eigenvalue weighted by atomic mass is 16.7. The maximum Gasteiger partial charge on any atom is 0.145 e. The Labute approximate surface area is 45.0 Å². The maximum atomic E-state index is 3.07. The van der Waals surface area contributed by atoms with Crippen LogP contribution >= 0.6 is 0 Å². The van der Waals surface area contributed by atoms with Crippen LogP contribution in [0.4, 0.5) is 0 Å². The predicted molar refractivity (Wildman–Crippen MR) is 30.6 cm³/mol. The second kappa shape index (κ2) is 2.31. The van der Waals surface area contributed by atoms with Crippen molar-refractivity contribution in [2.24, 2.45) is 0 Å². The van der Waals surface area contributed by atoms with E-state index in [4.69, 9.17) is 0 Å². The van der Waals surface area contributed by atoms with Crippen LogP contribution in [-0.4, -0.2) is 20.3 Å². The third-order valence-corrected chi connectivity index (χ3v) is 1.49. The van der Waals surface area contributed by atoms with E-state index in [-0.39, 0.29) is 0 Å². The predicted octanol–water partition coefficient (Wildman–Crippen LogP) is 1.35. The van der Waals surface area contributed by atoms with E-state index >= 15 is 0 Å². The zero-order chi connectivity index (χ0) is 5.11. The average molecular weight is 101 g/mol. The normalized spacial score (nSPS) is 25.3. The average Bonchev–Trinajstić information content (AvgIpc) is 1.69. The molecule has 0 unspecified atom stereocenters. The van der Waals surface area contributed by atoms with Gasteiger partial charge < -0.3 is 4.37 Å². The summed E-state index contributed by atoms with van der Waals surface area (Å²) in [5, 5.41) is 0. The Morgan fingerprint density at radius 1 is 1.00 bits per heavy atom. The fourth-order valence-electron chi connectivity index (χ4n) is 0.976. The molecule has 1 heterocycles. The van der Waals surface area contributed by atoms with E-state index in [1.165, 1.54) is 32.5 Å². The minimum atomic E-state index is 1.24. The fraction of sp³-hybridized carbons (Fsp3) is 1.00. The maximum absolute atomic E-state index is 3.07. The van der Waals surface area contributed by atoms with Crippen LogP contribution in [0.2, 0.25) is 0 Å². The molecule has 0 aromatic rings. The molecule has 1 aliphatic heterocycles. The molecule has 1 rings (SSSR count). The van der Waals surface area contributed by atoms with Crippen LogP contribution in [-0.2, 0) is 4.37 Å². The summed E-state index contributed by atoms with van der Waals surface area (Å²) in [5.74, 6) is 0. The molecule has 42 valence electrons. The SMILES string of the molecule is C[O+]1CCCCC1. The number of hydrogen-bond donors (Lipinski definition) is 0. The molecular formula is C6H13O+. The first-order valence-corrected chi connectivity index (χ1v) is 2.99. The minimum absolute atomic E-state index is 1.24. The second-order valence-corrected chi connectivity index (χ2v) is 2.25. The van der Waals surface area contributed by atoms with Crippen LogP contribution in [0, 0.1) is 0 Å². The van der Waals surface area contributed by atoms with Crippen LogP contribution in [0.25, 0.3) is 0 Å². The lowest BCUT2D eigenvalue weighted by Crippen LogP contribution is -2.16. The summed E-state index contributed by atoms with van der Waals surface area (Å²) in [7, 11) is 2.11. The third kappa shape index (κ3) is 1.48. The lowest BCUT2D eigenvalue weighted by molar-refractivity contribution is -0.119. The van der Waals surface area contributed by atoms with Gasteiger partial charge in [0.25, 0.3) is 0 Å². The monoisotopic (exact) mass is 101 g/mol. The van der Waals surface area contributed by atoms with E-state index < -0.39 is 0 Å². The van der Waals surface area contributed by atoms with Crippen molar-refractivity contribution in [1.29, 1.82) is 0 Å². The Kier molecular flexibility index (Phi) is 1.69. The highest BCUT2D eigenvalue weighted by Crippen LogP contribution is 2.08. The zero-order valence-electron chi connectivity index (χ0n) is 4.94. The molecule has 0 saturated carbocycles. The van der Waals surface area contributed by atoms with Gasteiger partial charge in [0.05, 0.1) is 0 Å². The van der Waals surface area contributed by atoms with Crippen LogP contribution in [0.1, 0.15) is 19.3 Å². The van der Waals surface area contributed by atoms with Gasteiger partial charge in [0.1, 0.15) is 20.3 Å². The molecule has 7 heavy (non-hydrogen) atoms. The fourth-order valence-corrected chi connectivity index (χ4v) is 0.976. The van der Waals surface area contributed by atoms with Gasteiger partial charge in [0, 0.05) is 12.8 Å². The smallest absolute Gasteiger partial charge is 0.145 e. The Morgan fingerprint density at radius 3 is 1.86 bits per heavy atom. The summed E-state index contributed by atoms with van der Waals surface area (Å²) < 4.78 is 3.07. The van der Waals surface area contributed by atoms with Crippen molar-refractivity contribution in [2.75, 3.05) is 20.3 Å². The Bertz CT molecular complexity index is 46.1. The third-order valence-electron chi connectivity index (χ3n) is 1.49. The first-order chi connectivity index (χ1) is 3.39. The van der Waals surface area contributed by atoms with E-state index in [9.17, 15) is 0 Å².